The zero-order valence-electron chi connectivity index (χ0n) is 14.4. The molecule has 2 rings (SSSR count). The van der Waals surface area contributed by atoms with Gasteiger partial charge in [-0.1, -0.05) is 0 Å². The molecule has 2 fully saturated rings. The summed E-state index contributed by atoms with van der Waals surface area (Å²) in [5.41, 5.74) is 0. The zero-order valence-corrected chi connectivity index (χ0v) is 14.4. The first-order valence-corrected chi connectivity index (χ1v) is 8.68. The van der Waals surface area contributed by atoms with Crippen molar-refractivity contribution in [3.8, 4) is 0 Å². The van der Waals surface area contributed by atoms with Gasteiger partial charge in [-0.15, -0.1) is 0 Å². The summed E-state index contributed by atoms with van der Waals surface area (Å²) in [6.07, 6.45) is 3.42. The highest BCUT2D eigenvalue weighted by molar-refractivity contribution is 5.85. The summed E-state index contributed by atoms with van der Waals surface area (Å²) in [7, 11) is 0. The Bertz CT molecular complexity index is 438. The van der Waals surface area contributed by atoms with E-state index in [1.807, 2.05) is 16.7 Å². The van der Waals surface area contributed by atoms with E-state index >= 15 is 0 Å². The van der Waals surface area contributed by atoms with Crippen LogP contribution in [0.25, 0.3) is 0 Å². The predicted octanol–water partition coefficient (Wildman–Crippen LogP) is 0.129. The maximum Gasteiger partial charge on any atom is 0.244 e. The van der Waals surface area contributed by atoms with Crippen molar-refractivity contribution in [3.05, 3.63) is 0 Å². The lowest BCUT2D eigenvalue weighted by atomic mass is 10.1. The molecule has 2 saturated heterocycles. The maximum absolute atomic E-state index is 12.3. The van der Waals surface area contributed by atoms with Gasteiger partial charge in [0.25, 0.3) is 0 Å². The molecular formula is C16H29N5O2. The molecule has 2 amide bonds. The molecule has 1 N–H and O–H groups in total. The van der Waals surface area contributed by atoms with Crippen LogP contribution < -0.4 is 5.32 Å². The van der Waals surface area contributed by atoms with Crippen molar-refractivity contribution in [1.82, 2.24) is 20.0 Å². The number of rotatable bonds is 3. The first kappa shape index (κ1) is 17.6. The third-order valence-corrected chi connectivity index (χ3v) is 4.43. The highest BCUT2D eigenvalue weighted by atomic mass is 16.2. The van der Waals surface area contributed by atoms with Crippen LogP contribution in [-0.2, 0) is 9.59 Å². The Morgan fingerprint density at radius 2 is 1.52 bits per heavy atom. The van der Waals surface area contributed by atoms with Gasteiger partial charge in [-0.05, 0) is 26.2 Å². The summed E-state index contributed by atoms with van der Waals surface area (Å²) in [5, 5.41) is 3.26. The molecule has 0 aromatic heterocycles. The van der Waals surface area contributed by atoms with Crippen molar-refractivity contribution >= 4 is 17.8 Å². The van der Waals surface area contributed by atoms with E-state index in [-0.39, 0.29) is 18.4 Å². The summed E-state index contributed by atoms with van der Waals surface area (Å²) in [6.45, 7) is 9.25. The summed E-state index contributed by atoms with van der Waals surface area (Å²) < 4.78 is 0. The van der Waals surface area contributed by atoms with Crippen LogP contribution in [-0.4, -0.2) is 84.8 Å². The molecule has 0 atom stereocenters. The Kier molecular flexibility index (Phi) is 6.67. The average Bonchev–Trinajstić information content (AvgIpc) is 2.59. The largest absolute Gasteiger partial charge is 0.357 e. The van der Waals surface area contributed by atoms with Crippen LogP contribution in [0.5, 0.6) is 0 Å². The lowest BCUT2D eigenvalue weighted by molar-refractivity contribution is -0.130. The quantitative estimate of drug-likeness (QED) is 0.592. The molecule has 2 aliphatic heterocycles. The number of nitrogens with zero attached hydrogens (tertiary/aromatic N) is 4. The standard InChI is InChI=1S/C16H29N5O2/c1-3-17-16(21-11-9-19(10-12-21)14(2)22)18-13-15(23)20-7-5-4-6-8-20/h3-13H2,1-2H3,(H,17,18). The second-order valence-corrected chi connectivity index (χ2v) is 6.10. The smallest absolute Gasteiger partial charge is 0.244 e. The third-order valence-electron chi connectivity index (χ3n) is 4.43. The number of piperidine rings is 1. The minimum absolute atomic E-state index is 0.113. The normalized spacial score (nSPS) is 19.7. The number of amides is 2. The van der Waals surface area contributed by atoms with Gasteiger partial charge in [0.2, 0.25) is 11.8 Å². The number of piperazine rings is 1. The lowest BCUT2D eigenvalue weighted by Gasteiger charge is -2.36. The molecule has 0 unspecified atom stereocenters. The molecule has 0 spiro atoms. The maximum atomic E-state index is 12.3. The molecule has 7 heteroatoms. The summed E-state index contributed by atoms with van der Waals surface area (Å²) in [4.78, 5) is 34.1. The van der Waals surface area contributed by atoms with E-state index in [2.05, 4.69) is 15.2 Å². The molecule has 0 aromatic rings. The van der Waals surface area contributed by atoms with Gasteiger partial charge in [0.1, 0.15) is 6.54 Å². The van der Waals surface area contributed by atoms with E-state index in [4.69, 9.17) is 0 Å². The minimum atomic E-state index is 0.113. The fraction of sp³-hybridized carbons (Fsp3) is 0.812. The molecule has 2 heterocycles. The number of carbonyl (C=O) groups is 2. The Hall–Kier alpha value is -1.79. The van der Waals surface area contributed by atoms with Crippen LogP contribution in [0.15, 0.2) is 4.99 Å². The number of hydrogen-bond acceptors (Lipinski definition) is 3. The highest BCUT2D eigenvalue weighted by Gasteiger charge is 2.22. The van der Waals surface area contributed by atoms with E-state index in [0.29, 0.717) is 13.1 Å². The molecule has 0 saturated carbocycles. The van der Waals surface area contributed by atoms with Gasteiger partial charge < -0.3 is 20.0 Å². The number of nitrogens with one attached hydrogen (secondary N) is 1. The fourth-order valence-corrected chi connectivity index (χ4v) is 3.04. The highest BCUT2D eigenvalue weighted by Crippen LogP contribution is 2.09. The van der Waals surface area contributed by atoms with Gasteiger partial charge in [-0.3, -0.25) is 9.59 Å². The number of likely N-dealkylation sites (tertiary alicyclic amines) is 1. The summed E-state index contributed by atoms with van der Waals surface area (Å²) >= 11 is 0. The van der Waals surface area contributed by atoms with Crippen LogP contribution in [0.3, 0.4) is 0 Å². The van der Waals surface area contributed by atoms with Crippen molar-refractivity contribution < 1.29 is 9.59 Å². The molecule has 130 valence electrons. The molecule has 7 nitrogen and oxygen atoms in total. The third kappa shape index (κ3) is 5.11. The molecule has 2 aliphatic rings. The number of aliphatic imine (C=N–C) groups is 1. The predicted molar refractivity (Wildman–Crippen MR) is 90.2 cm³/mol. The van der Waals surface area contributed by atoms with E-state index in [0.717, 1.165) is 51.5 Å². The van der Waals surface area contributed by atoms with E-state index in [9.17, 15) is 9.59 Å². The van der Waals surface area contributed by atoms with Crippen LogP contribution in [0.2, 0.25) is 0 Å². The molecule has 0 radical (unpaired) electrons. The number of carbonyl (C=O) groups excluding carboxylic acids is 2. The minimum Gasteiger partial charge on any atom is -0.357 e. The van der Waals surface area contributed by atoms with Crippen molar-refractivity contribution in [2.24, 2.45) is 4.99 Å². The zero-order chi connectivity index (χ0) is 16.7. The van der Waals surface area contributed by atoms with E-state index in [1.54, 1.807) is 6.92 Å². The molecule has 23 heavy (non-hydrogen) atoms. The topological polar surface area (TPSA) is 68.2 Å². The van der Waals surface area contributed by atoms with Crippen LogP contribution in [0.1, 0.15) is 33.1 Å². The Balaban J connectivity index is 1.89. The summed E-state index contributed by atoms with van der Waals surface area (Å²) in [6, 6.07) is 0. The van der Waals surface area contributed by atoms with Crippen LogP contribution >= 0.6 is 0 Å². The second kappa shape index (κ2) is 8.74. The van der Waals surface area contributed by atoms with Gasteiger partial charge in [0.05, 0.1) is 0 Å². The Morgan fingerprint density at radius 3 is 2.09 bits per heavy atom. The molecule has 0 aromatic carbocycles. The molecule has 0 bridgehead atoms. The van der Waals surface area contributed by atoms with Gasteiger partial charge in [-0.25, -0.2) is 4.99 Å². The summed E-state index contributed by atoms with van der Waals surface area (Å²) in [5.74, 6) is 1.01. The van der Waals surface area contributed by atoms with E-state index < -0.39 is 0 Å². The molecule has 0 aliphatic carbocycles. The number of guanidine groups is 1. The monoisotopic (exact) mass is 323 g/mol. The van der Waals surface area contributed by atoms with Crippen molar-refractivity contribution in [2.45, 2.75) is 33.1 Å². The molecular weight excluding hydrogens is 294 g/mol. The van der Waals surface area contributed by atoms with Crippen molar-refractivity contribution in [2.75, 3.05) is 52.4 Å². The van der Waals surface area contributed by atoms with Gasteiger partial charge in [0.15, 0.2) is 5.96 Å². The average molecular weight is 323 g/mol. The van der Waals surface area contributed by atoms with Crippen LogP contribution in [0, 0.1) is 0 Å². The van der Waals surface area contributed by atoms with Crippen molar-refractivity contribution in [3.63, 3.8) is 0 Å². The number of hydrogen-bond donors (Lipinski definition) is 1. The Morgan fingerprint density at radius 1 is 0.913 bits per heavy atom. The second-order valence-electron chi connectivity index (χ2n) is 6.10. The first-order chi connectivity index (χ1) is 11.1. The van der Waals surface area contributed by atoms with Crippen LogP contribution in [0.4, 0.5) is 0 Å². The fourth-order valence-electron chi connectivity index (χ4n) is 3.04. The lowest BCUT2D eigenvalue weighted by Crippen LogP contribution is -2.53. The Labute approximate surface area is 138 Å². The van der Waals surface area contributed by atoms with Gasteiger partial charge in [-0.2, -0.15) is 0 Å². The van der Waals surface area contributed by atoms with E-state index in [1.165, 1.54) is 6.42 Å². The van der Waals surface area contributed by atoms with Crippen molar-refractivity contribution in [1.29, 1.82) is 0 Å². The van der Waals surface area contributed by atoms with Gasteiger partial charge >= 0.3 is 0 Å². The SMILES string of the molecule is CCNC(=NCC(=O)N1CCCCC1)N1CCN(C(C)=O)CC1. The van der Waals surface area contributed by atoms with Gasteiger partial charge in [0, 0.05) is 52.7 Å². The first-order valence-electron chi connectivity index (χ1n) is 8.68.